The molecule has 0 amide bonds. The van der Waals surface area contributed by atoms with Crippen LogP contribution in [0.4, 0.5) is 0 Å². The predicted molar refractivity (Wildman–Crippen MR) is 55.1 cm³/mol. The van der Waals surface area contributed by atoms with Gasteiger partial charge in [-0.2, -0.15) is 0 Å². The minimum atomic E-state index is -0.840. The Hall–Kier alpha value is -0.480. The van der Waals surface area contributed by atoms with Crippen molar-refractivity contribution >= 4 is 0 Å². The largest absolute Gasteiger partial charge is 0.377 e. The quantitative estimate of drug-likeness (QED) is 0.614. The van der Waals surface area contributed by atoms with E-state index in [1.807, 2.05) is 0 Å². The molecular formula is C12H20O. The lowest BCUT2D eigenvalue weighted by atomic mass is 9.69. The van der Waals surface area contributed by atoms with Gasteiger partial charge in [-0.25, -0.2) is 0 Å². The monoisotopic (exact) mass is 180 g/mol. The van der Waals surface area contributed by atoms with E-state index in [4.69, 9.17) is 6.42 Å². The molecule has 0 aromatic carbocycles. The van der Waals surface area contributed by atoms with Gasteiger partial charge in [0.15, 0.2) is 0 Å². The van der Waals surface area contributed by atoms with Gasteiger partial charge >= 0.3 is 0 Å². The zero-order valence-electron chi connectivity index (χ0n) is 8.88. The summed E-state index contributed by atoms with van der Waals surface area (Å²) in [5, 5.41) is 10.1. The van der Waals surface area contributed by atoms with Crippen LogP contribution < -0.4 is 0 Å². The first-order valence-corrected chi connectivity index (χ1v) is 5.19. The maximum Gasteiger partial charge on any atom is 0.128 e. The summed E-state index contributed by atoms with van der Waals surface area (Å²) in [5.41, 5.74) is -0.840. The molecule has 1 rings (SSSR count). The summed E-state index contributed by atoms with van der Waals surface area (Å²) in [7, 11) is 0. The minimum Gasteiger partial charge on any atom is -0.377 e. The Morgan fingerprint density at radius 3 is 2.54 bits per heavy atom. The van der Waals surface area contributed by atoms with Crippen molar-refractivity contribution in [3.8, 4) is 12.3 Å². The Kier molecular flexibility index (Phi) is 3.03. The smallest absolute Gasteiger partial charge is 0.128 e. The van der Waals surface area contributed by atoms with Gasteiger partial charge in [-0.3, -0.25) is 0 Å². The molecule has 0 aliphatic heterocycles. The van der Waals surface area contributed by atoms with Crippen molar-refractivity contribution in [1.82, 2.24) is 0 Å². The van der Waals surface area contributed by atoms with Crippen LogP contribution in [0.3, 0.4) is 0 Å². The van der Waals surface area contributed by atoms with Crippen molar-refractivity contribution in [1.29, 1.82) is 0 Å². The van der Waals surface area contributed by atoms with Gasteiger partial charge in [0.25, 0.3) is 0 Å². The van der Waals surface area contributed by atoms with Crippen LogP contribution in [0.5, 0.6) is 0 Å². The summed E-state index contributed by atoms with van der Waals surface area (Å²) in [6.07, 6.45) is 8.44. The van der Waals surface area contributed by atoms with Crippen LogP contribution in [0.25, 0.3) is 0 Å². The van der Waals surface area contributed by atoms with Crippen molar-refractivity contribution in [2.24, 2.45) is 17.8 Å². The number of hydrogen-bond acceptors (Lipinski definition) is 1. The molecule has 1 N–H and O–H groups in total. The highest BCUT2D eigenvalue weighted by Crippen LogP contribution is 2.39. The fourth-order valence-electron chi connectivity index (χ4n) is 2.18. The standard InChI is InChI=1S/C12H20O/c1-5-12(13)8-11(9(2)3)7-6-10(12)4/h1,9-11,13H,6-8H2,2-4H3. The van der Waals surface area contributed by atoms with E-state index in [0.29, 0.717) is 11.8 Å². The molecule has 1 nitrogen and oxygen atoms in total. The second kappa shape index (κ2) is 3.72. The maximum atomic E-state index is 10.1. The predicted octanol–water partition coefficient (Wildman–Crippen LogP) is 2.44. The maximum absolute atomic E-state index is 10.1. The average molecular weight is 180 g/mol. The number of rotatable bonds is 1. The van der Waals surface area contributed by atoms with Gasteiger partial charge < -0.3 is 5.11 Å². The Morgan fingerprint density at radius 1 is 1.46 bits per heavy atom. The normalized spacial score (nSPS) is 40.3. The molecular weight excluding hydrogens is 160 g/mol. The van der Waals surface area contributed by atoms with Crippen molar-refractivity contribution in [3.05, 3.63) is 0 Å². The SMILES string of the molecule is C#CC1(O)CC(C(C)C)CCC1C. The summed E-state index contributed by atoms with van der Waals surface area (Å²) >= 11 is 0. The van der Waals surface area contributed by atoms with Crippen LogP contribution in [0.1, 0.15) is 40.0 Å². The van der Waals surface area contributed by atoms with Crippen LogP contribution in [0, 0.1) is 30.1 Å². The summed E-state index contributed by atoms with van der Waals surface area (Å²) in [6, 6.07) is 0. The van der Waals surface area contributed by atoms with Crippen LogP contribution in [0.2, 0.25) is 0 Å². The molecule has 1 fully saturated rings. The van der Waals surface area contributed by atoms with Gasteiger partial charge in [-0.15, -0.1) is 6.42 Å². The Bertz CT molecular complexity index is 214. The van der Waals surface area contributed by atoms with E-state index in [1.165, 1.54) is 6.42 Å². The lowest BCUT2D eigenvalue weighted by Crippen LogP contribution is -2.42. The topological polar surface area (TPSA) is 20.2 Å². The second-order valence-electron chi connectivity index (χ2n) is 4.76. The van der Waals surface area contributed by atoms with Crippen molar-refractivity contribution in [2.75, 3.05) is 0 Å². The zero-order chi connectivity index (χ0) is 10.1. The molecule has 1 saturated carbocycles. The molecule has 0 aromatic heterocycles. The van der Waals surface area contributed by atoms with Crippen LogP contribution in [-0.4, -0.2) is 10.7 Å². The third-order valence-corrected chi connectivity index (χ3v) is 3.55. The summed E-state index contributed by atoms with van der Waals surface area (Å²) in [6.45, 7) is 6.46. The fourth-order valence-corrected chi connectivity index (χ4v) is 2.18. The van der Waals surface area contributed by atoms with Crippen molar-refractivity contribution in [2.45, 2.75) is 45.6 Å². The summed E-state index contributed by atoms with van der Waals surface area (Å²) < 4.78 is 0. The van der Waals surface area contributed by atoms with Gasteiger partial charge in [0.05, 0.1) is 0 Å². The second-order valence-corrected chi connectivity index (χ2v) is 4.76. The molecule has 1 aliphatic carbocycles. The molecule has 0 spiro atoms. The molecule has 1 heteroatoms. The summed E-state index contributed by atoms with van der Waals surface area (Å²) in [4.78, 5) is 0. The molecule has 0 heterocycles. The molecule has 3 atom stereocenters. The third kappa shape index (κ3) is 2.06. The van der Waals surface area contributed by atoms with E-state index in [-0.39, 0.29) is 5.92 Å². The number of hydrogen-bond donors (Lipinski definition) is 1. The van der Waals surface area contributed by atoms with E-state index < -0.39 is 5.60 Å². The van der Waals surface area contributed by atoms with Crippen molar-refractivity contribution < 1.29 is 5.11 Å². The van der Waals surface area contributed by atoms with Crippen molar-refractivity contribution in [3.63, 3.8) is 0 Å². The first-order valence-electron chi connectivity index (χ1n) is 5.19. The number of aliphatic hydroxyl groups is 1. The Balaban J connectivity index is 2.70. The molecule has 3 unspecified atom stereocenters. The molecule has 0 saturated heterocycles. The molecule has 0 bridgehead atoms. The summed E-state index contributed by atoms with van der Waals surface area (Å²) in [5.74, 6) is 4.05. The highest BCUT2D eigenvalue weighted by Gasteiger charge is 2.39. The van der Waals surface area contributed by atoms with Crippen LogP contribution in [0.15, 0.2) is 0 Å². The highest BCUT2D eigenvalue weighted by atomic mass is 16.3. The first-order chi connectivity index (χ1) is 5.99. The molecule has 74 valence electrons. The first kappa shape index (κ1) is 10.6. The lowest BCUT2D eigenvalue weighted by molar-refractivity contribution is -0.0180. The van der Waals surface area contributed by atoms with Gasteiger partial charge in [-0.05, 0) is 37.0 Å². The Morgan fingerprint density at radius 2 is 2.08 bits per heavy atom. The van der Waals surface area contributed by atoms with Gasteiger partial charge in [0, 0.05) is 0 Å². The van der Waals surface area contributed by atoms with Gasteiger partial charge in [0.2, 0.25) is 0 Å². The van der Waals surface area contributed by atoms with E-state index >= 15 is 0 Å². The van der Waals surface area contributed by atoms with E-state index in [0.717, 1.165) is 12.8 Å². The lowest BCUT2D eigenvalue weighted by Gasteiger charge is -2.39. The Labute approximate surface area is 81.5 Å². The zero-order valence-corrected chi connectivity index (χ0v) is 8.88. The van der Waals surface area contributed by atoms with Gasteiger partial charge in [-0.1, -0.05) is 26.7 Å². The number of terminal acetylenes is 1. The molecule has 1 aliphatic rings. The fraction of sp³-hybridized carbons (Fsp3) is 0.833. The third-order valence-electron chi connectivity index (χ3n) is 3.55. The molecule has 0 radical (unpaired) electrons. The van der Waals surface area contributed by atoms with Gasteiger partial charge in [0.1, 0.15) is 5.60 Å². The average Bonchev–Trinajstić information content (AvgIpc) is 2.09. The van der Waals surface area contributed by atoms with E-state index in [1.54, 1.807) is 0 Å². The van der Waals surface area contributed by atoms with Crippen LogP contribution >= 0.6 is 0 Å². The molecule has 13 heavy (non-hydrogen) atoms. The van der Waals surface area contributed by atoms with E-state index in [9.17, 15) is 5.11 Å². The molecule has 0 aromatic rings. The highest BCUT2D eigenvalue weighted by molar-refractivity contribution is 5.12. The minimum absolute atomic E-state index is 0.257. The van der Waals surface area contributed by atoms with E-state index in [2.05, 4.69) is 26.7 Å². The van der Waals surface area contributed by atoms with Crippen LogP contribution in [-0.2, 0) is 0 Å².